The number of aromatic carboxylic acids is 1. The molecule has 0 atom stereocenters. The Kier molecular flexibility index (Phi) is 5.53. The van der Waals surface area contributed by atoms with Crippen LogP contribution in [-0.2, 0) is 11.3 Å². The van der Waals surface area contributed by atoms with Gasteiger partial charge in [0.25, 0.3) is 5.56 Å². The quantitative estimate of drug-likeness (QED) is 0.850. The summed E-state index contributed by atoms with van der Waals surface area (Å²) in [4.78, 5) is 44.7. The standard InChI is InChI=1S/C19H24N4O5/c1-4-23-16-13(7-6-12(3)20-16)15(14(17(23)24)18(25)26)21-8-10-22(11-9-21)19(27)28-5-2/h6-7H,4-5,8-11H2,1-3H3,(H,25,26). The minimum atomic E-state index is -1.27. The van der Waals surface area contributed by atoms with Crippen LogP contribution in [0.5, 0.6) is 0 Å². The highest BCUT2D eigenvalue weighted by Crippen LogP contribution is 2.29. The highest BCUT2D eigenvalue weighted by Gasteiger charge is 2.29. The molecule has 150 valence electrons. The number of carboxylic acids is 1. The monoisotopic (exact) mass is 388 g/mol. The molecule has 1 N–H and O–H groups in total. The molecule has 28 heavy (non-hydrogen) atoms. The molecule has 0 spiro atoms. The van der Waals surface area contributed by atoms with E-state index in [0.29, 0.717) is 56.1 Å². The summed E-state index contributed by atoms with van der Waals surface area (Å²) in [6.07, 6.45) is -0.385. The van der Waals surface area contributed by atoms with Crippen molar-refractivity contribution in [2.24, 2.45) is 0 Å². The van der Waals surface area contributed by atoms with Gasteiger partial charge in [-0.3, -0.25) is 9.36 Å². The third-order valence-corrected chi connectivity index (χ3v) is 4.87. The van der Waals surface area contributed by atoms with Crippen LogP contribution in [-0.4, -0.2) is 64.4 Å². The van der Waals surface area contributed by atoms with Gasteiger partial charge in [0.1, 0.15) is 11.2 Å². The number of nitrogens with zero attached hydrogens (tertiary/aromatic N) is 4. The van der Waals surface area contributed by atoms with Crippen LogP contribution in [0, 0.1) is 6.92 Å². The van der Waals surface area contributed by atoms with Crippen molar-refractivity contribution >= 4 is 28.8 Å². The lowest BCUT2D eigenvalue weighted by Gasteiger charge is -2.36. The first-order valence-electron chi connectivity index (χ1n) is 9.33. The molecule has 3 heterocycles. The van der Waals surface area contributed by atoms with E-state index in [-0.39, 0.29) is 11.7 Å². The third-order valence-electron chi connectivity index (χ3n) is 4.87. The van der Waals surface area contributed by atoms with Gasteiger partial charge >= 0.3 is 12.1 Å². The van der Waals surface area contributed by atoms with E-state index in [1.807, 2.05) is 17.9 Å². The molecular formula is C19H24N4O5. The molecule has 1 fully saturated rings. The van der Waals surface area contributed by atoms with Gasteiger partial charge in [-0.25, -0.2) is 14.6 Å². The largest absolute Gasteiger partial charge is 0.477 e. The number of rotatable bonds is 4. The highest BCUT2D eigenvalue weighted by molar-refractivity contribution is 6.04. The van der Waals surface area contributed by atoms with Crippen molar-refractivity contribution in [1.82, 2.24) is 14.5 Å². The molecule has 1 saturated heterocycles. The fraction of sp³-hybridized carbons (Fsp3) is 0.474. The molecule has 3 rings (SSSR count). The molecule has 0 radical (unpaired) electrons. The summed E-state index contributed by atoms with van der Waals surface area (Å²) in [5.74, 6) is -1.27. The van der Waals surface area contributed by atoms with Gasteiger partial charge in [-0.15, -0.1) is 0 Å². The van der Waals surface area contributed by atoms with Crippen LogP contribution >= 0.6 is 0 Å². The third kappa shape index (κ3) is 3.39. The molecule has 1 aliphatic rings. The number of pyridine rings is 2. The maximum atomic E-state index is 12.9. The van der Waals surface area contributed by atoms with Crippen LogP contribution in [0.2, 0.25) is 0 Å². The molecule has 1 amide bonds. The van der Waals surface area contributed by atoms with E-state index in [1.54, 1.807) is 24.8 Å². The van der Waals surface area contributed by atoms with Crippen LogP contribution in [0.1, 0.15) is 29.9 Å². The Morgan fingerprint density at radius 1 is 1.18 bits per heavy atom. The van der Waals surface area contributed by atoms with Gasteiger partial charge in [0.05, 0.1) is 12.3 Å². The van der Waals surface area contributed by atoms with Crippen LogP contribution < -0.4 is 10.5 Å². The summed E-state index contributed by atoms with van der Waals surface area (Å²) >= 11 is 0. The predicted octanol–water partition coefficient (Wildman–Crippen LogP) is 1.70. The number of aromatic nitrogens is 2. The molecule has 9 nitrogen and oxygen atoms in total. The van der Waals surface area contributed by atoms with Crippen molar-refractivity contribution in [3.8, 4) is 0 Å². The summed E-state index contributed by atoms with van der Waals surface area (Å²) in [5.41, 5.74) is 0.761. The van der Waals surface area contributed by atoms with Gasteiger partial charge in [0, 0.05) is 43.8 Å². The number of ether oxygens (including phenoxy) is 1. The molecule has 0 unspecified atom stereocenters. The Bertz CT molecular complexity index is 976. The molecule has 0 saturated carbocycles. The maximum absolute atomic E-state index is 12.9. The number of piperazine rings is 1. The number of aryl methyl sites for hydroxylation is 2. The summed E-state index contributed by atoms with van der Waals surface area (Å²) in [6, 6.07) is 3.61. The van der Waals surface area contributed by atoms with Gasteiger partial charge in [-0.2, -0.15) is 0 Å². The molecule has 0 bridgehead atoms. The first kappa shape index (κ1) is 19.7. The zero-order valence-electron chi connectivity index (χ0n) is 16.3. The average Bonchev–Trinajstić information content (AvgIpc) is 2.67. The number of carbonyl (C=O) groups excluding carboxylic acids is 1. The average molecular weight is 388 g/mol. The predicted molar refractivity (Wildman–Crippen MR) is 104 cm³/mol. The fourth-order valence-corrected chi connectivity index (χ4v) is 3.54. The van der Waals surface area contributed by atoms with E-state index >= 15 is 0 Å². The topological polar surface area (TPSA) is 105 Å². The SMILES string of the molecule is CCOC(=O)N1CCN(c2c(C(=O)O)c(=O)n(CC)c3nc(C)ccc23)CC1. The van der Waals surface area contributed by atoms with Crippen LogP contribution in [0.25, 0.3) is 11.0 Å². The molecule has 2 aromatic rings. The van der Waals surface area contributed by atoms with Crippen LogP contribution in [0.4, 0.5) is 10.5 Å². The zero-order valence-corrected chi connectivity index (χ0v) is 16.3. The molecule has 0 aliphatic carbocycles. The number of fused-ring (bicyclic) bond motifs is 1. The molecule has 9 heteroatoms. The Labute approximate surface area is 162 Å². The smallest absolute Gasteiger partial charge is 0.409 e. The minimum Gasteiger partial charge on any atom is -0.477 e. The molecule has 0 aromatic carbocycles. The Morgan fingerprint density at radius 3 is 2.43 bits per heavy atom. The first-order valence-corrected chi connectivity index (χ1v) is 9.33. The second-order valence-corrected chi connectivity index (χ2v) is 6.57. The summed E-state index contributed by atoms with van der Waals surface area (Å²) < 4.78 is 6.42. The zero-order chi connectivity index (χ0) is 20.4. The van der Waals surface area contributed by atoms with Gasteiger partial charge in [-0.1, -0.05) is 0 Å². The summed E-state index contributed by atoms with van der Waals surface area (Å²) in [5, 5.41) is 10.4. The normalized spacial score (nSPS) is 14.4. The van der Waals surface area contributed by atoms with E-state index < -0.39 is 11.5 Å². The van der Waals surface area contributed by atoms with Gasteiger partial charge < -0.3 is 19.6 Å². The number of anilines is 1. The highest BCUT2D eigenvalue weighted by atomic mass is 16.6. The van der Waals surface area contributed by atoms with Crippen molar-refractivity contribution in [2.75, 3.05) is 37.7 Å². The van der Waals surface area contributed by atoms with E-state index in [9.17, 15) is 19.5 Å². The fourth-order valence-electron chi connectivity index (χ4n) is 3.54. The molecule has 1 aliphatic heterocycles. The van der Waals surface area contributed by atoms with Gasteiger partial charge in [0.2, 0.25) is 0 Å². The number of carboxylic acid groups (broad SMARTS) is 1. The Balaban J connectivity index is 2.11. The number of carbonyl (C=O) groups is 2. The number of hydrogen-bond acceptors (Lipinski definition) is 6. The second kappa shape index (κ2) is 7.87. The number of amides is 1. The van der Waals surface area contributed by atoms with Crippen molar-refractivity contribution in [3.63, 3.8) is 0 Å². The van der Waals surface area contributed by atoms with Crippen molar-refractivity contribution < 1.29 is 19.4 Å². The van der Waals surface area contributed by atoms with Crippen LogP contribution in [0.3, 0.4) is 0 Å². The Morgan fingerprint density at radius 2 is 1.86 bits per heavy atom. The van der Waals surface area contributed by atoms with Crippen LogP contribution in [0.15, 0.2) is 16.9 Å². The van der Waals surface area contributed by atoms with Crippen molar-refractivity contribution in [1.29, 1.82) is 0 Å². The number of hydrogen-bond donors (Lipinski definition) is 1. The van der Waals surface area contributed by atoms with E-state index in [1.165, 1.54) is 4.57 Å². The van der Waals surface area contributed by atoms with Gasteiger partial charge in [0.15, 0.2) is 0 Å². The lowest BCUT2D eigenvalue weighted by atomic mass is 10.1. The van der Waals surface area contributed by atoms with E-state index in [4.69, 9.17) is 4.74 Å². The Hall–Kier alpha value is -3.10. The molecular weight excluding hydrogens is 364 g/mol. The second-order valence-electron chi connectivity index (χ2n) is 6.57. The van der Waals surface area contributed by atoms with Crippen molar-refractivity contribution in [3.05, 3.63) is 33.7 Å². The summed E-state index contributed by atoms with van der Waals surface area (Å²) in [6.45, 7) is 7.55. The first-order chi connectivity index (χ1) is 13.4. The van der Waals surface area contributed by atoms with Crippen molar-refractivity contribution in [2.45, 2.75) is 27.3 Å². The summed E-state index contributed by atoms with van der Waals surface area (Å²) in [7, 11) is 0. The lowest BCUT2D eigenvalue weighted by molar-refractivity contribution is 0.0694. The van der Waals surface area contributed by atoms with Gasteiger partial charge in [-0.05, 0) is 32.9 Å². The van der Waals surface area contributed by atoms with E-state index in [0.717, 1.165) is 5.69 Å². The lowest BCUT2D eigenvalue weighted by Crippen LogP contribution is -2.50. The maximum Gasteiger partial charge on any atom is 0.409 e. The van der Waals surface area contributed by atoms with E-state index in [2.05, 4.69) is 4.98 Å². The molecule has 2 aromatic heterocycles. The minimum absolute atomic E-state index is 0.260.